The Morgan fingerprint density at radius 3 is 2.26 bits per heavy atom. The number of carbonyl (C=O) groups is 2. The van der Waals surface area contributed by atoms with E-state index in [4.69, 9.17) is 23.7 Å². The van der Waals surface area contributed by atoms with Crippen molar-refractivity contribution in [2.24, 2.45) is 0 Å². The Morgan fingerprint density at radius 1 is 0.968 bits per heavy atom. The molecule has 0 radical (unpaired) electrons. The molecule has 1 unspecified atom stereocenters. The lowest BCUT2D eigenvalue weighted by molar-refractivity contribution is -0.0843. The molecule has 0 aromatic carbocycles. The SMILES string of the molecule is CCCCCCCCCCCOc1c[nH]c(C(=O)OC(C)OC(=O)OCCOC)c1F. The van der Waals surface area contributed by atoms with Crippen LogP contribution in [0.1, 0.15) is 82.1 Å². The summed E-state index contributed by atoms with van der Waals surface area (Å²) in [6, 6.07) is 0. The molecule has 1 heterocycles. The molecule has 1 atom stereocenters. The zero-order chi connectivity index (χ0) is 22.9. The van der Waals surface area contributed by atoms with Gasteiger partial charge in [0.25, 0.3) is 0 Å². The van der Waals surface area contributed by atoms with Gasteiger partial charge in [0.05, 0.1) is 13.2 Å². The van der Waals surface area contributed by atoms with Crippen LogP contribution in [-0.4, -0.2) is 50.3 Å². The lowest BCUT2D eigenvalue weighted by Gasteiger charge is -2.13. The highest BCUT2D eigenvalue weighted by Gasteiger charge is 2.23. The molecule has 0 spiro atoms. The summed E-state index contributed by atoms with van der Waals surface area (Å²) < 4.78 is 38.9. The molecule has 0 fully saturated rings. The maximum atomic E-state index is 14.4. The first kappa shape index (κ1) is 26.7. The molecule has 0 aliphatic carbocycles. The van der Waals surface area contributed by atoms with Crippen molar-refractivity contribution in [3.05, 3.63) is 17.7 Å². The number of rotatable bonds is 17. The average molecular weight is 446 g/mol. The molecule has 8 nitrogen and oxygen atoms in total. The molecule has 0 bridgehead atoms. The molecule has 1 aromatic heterocycles. The van der Waals surface area contributed by atoms with Crippen molar-refractivity contribution in [1.82, 2.24) is 4.98 Å². The largest absolute Gasteiger partial charge is 0.511 e. The van der Waals surface area contributed by atoms with Crippen molar-refractivity contribution in [3.8, 4) is 5.75 Å². The topological polar surface area (TPSA) is 96.1 Å². The predicted octanol–water partition coefficient (Wildman–Crippen LogP) is 5.37. The van der Waals surface area contributed by atoms with E-state index < -0.39 is 29.9 Å². The van der Waals surface area contributed by atoms with Crippen molar-refractivity contribution in [3.63, 3.8) is 0 Å². The van der Waals surface area contributed by atoms with Gasteiger partial charge in [0.1, 0.15) is 6.61 Å². The van der Waals surface area contributed by atoms with Gasteiger partial charge in [0.15, 0.2) is 17.3 Å². The van der Waals surface area contributed by atoms with Gasteiger partial charge in [-0.05, 0) is 6.42 Å². The molecular weight excluding hydrogens is 409 g/mol. The first-order chi connectivity index (χ1) is 15.0. The molecule has 0 aliphatic heterocycles. The summed E-state index contributed by atoms with van der Waals surface area (Å²) in [5.74, 6) is -1.89. The van der Waals surface area contributed by atoms with Crippen LogP contribution < -0.4 is 4.74 Å². The zero-order valence-electron chi connectivity index (χ0n) is 18.9. The number of hydrogen-bond acceptors (Lipinski definition) is 7. The Bertz CT molecular complexity index is 635. The van der Waals surface area contributed by atoms with E-state index >= 15 is 0 Å². The summed E-state index contributed by atoms with van der Waals surface area (Å²) in [6.07, 6.45) is 9.58. The van der Waals surface area contributed by atoms with Crippen molar-refractivity contribution < 1.29 is 37.7 Å². The Balaban J connectivity index is 2.26. The maximum absolute atomic E-state index is 14.4. The minimum Gasteiger partial charge on any atom is -0.489 e. The summed E-state index contributed by atoms with van der Waals surface area (Å²) in [5.41, 5.74) is -0.398. The monoisotopic (exact) mass is 445 g/mol. The van der Waals surface area contributed by atoms with Crippen molar-refractivity contribution >= 4 is 12.1 Å². The first-order valence-corrected chi connectivity index (χ1v) is 11.0. The molecular formula is C22H36FNO7. The Labute approximate surface area is 183 Å². The molecule has 178 valence electrons. The minimum absolute atomic E-state index is 0.000907. The highest BCUT2D eigenvalue weighted by atomic mass is 19.1. The summed E-state index contributed by atoms with van der Waals surface area (Å²) >= 11 is 0. The van der Waals surface area contributed by atoms with E-state index in [1.807, 2.05) is 0 Å². The molecule has 1 aromatic rings. The van der Waals surface area contributed by atoms with E-state index in [2.05, 4.69) is 11.9 Å². The number of aromatic nitrogens is 1. The third-order valence-electron chi connectivity index (χ3n) is 4.54. The minimum atomic E-state index is -1.25. The van der Waals surface area contributed by atoms with Gasteiger partial charge in [-0.3, -0.25) is 0 Å². The van der Waals surface area contributed by atoms with Gasteiger partial charge in [0.2, 0.25) is 6.29 Å². The third-order valence-corrected chi connectivity index (χ3v) is 4.54. The Kier molecular flexibility index (Phi) is 14.2. The molecule has 1 N–H and O–H groups in total. The van der Waals surface area contributed by atoms with Crippen LogP contribution in [0.5, 0.6) is 5.75 Å². The van der Waals surface area contributed by atoms with Gasteiger partial charge in [-0.1, -0.05) is 58.3 Å². The second-order valence-electron chi connectivity index (χ2n) is 7.20. The van der Waals surface area contributed by atoms with E-state index in [0.717, 1.165) is 19.3 Å². The van der Waals surface area contributed by atoms with Gasteiger partial charge in [-0.2, -0.15) is 0 Å². The summed E-state index contributed by atoms with van der Waals surface area (Å²) in [4.78, 5) is 26.0. The lowest BCUT2D eigenvalue weighted by atomic mass is 10.1. The zero-order valence-corrected chi connectivity index (χ0v) is 18.9. The fourth-order valence-electron chi connectivity index (χ4n) is 2.85. The quantitative estimate of drug-likeness (QED) is 0.196. The molecule has 1 rings (SSSR count). The molecule has 0 amide bonds. The third kappa shape index (κ3) is 11.6. The van der Waals surface area contributed by atoms with Crippen LogP contribution in [0.4, 0.5) is 9.18 Å². The normalized spacial score (nSPS) is 11.7. The Hall–Kier alpha value is -2.29. The van der Waals surface area contributed by atoms with Crippen LogP contribution in [0.25, 0.3) is 0 Å². The first-order valence-electron chi connectivity index (χ1n) is 11.0. The summed E-state index contributed by atoms with van der Waals surface area (Å²) in [7, 11) is 1.46. The van der Waals surface area contributed by atoms with Crippen molar-refractivity contribution in [1.29, 1.82) is 0 Å². The number of carbonyl (C=O) groups excluding carboxylic acids is 2. The fourth-order valence-corrected chi connectivity index (χ4v) is 2.85. The van der Waals surface area contributed by atoms with E-state index in [1.54, 1.807) is 0 Å². The van der Waals surface area contributed by atoms with E-state index in [1.165, 1.54) is 58.8 Å². The smallest absolute Gasteiger partial charge is 0.489 e. The van der Waals surface area contributed by atoms with Crippen LogP contribution in [0.3, 0.4) is 0 Å². The molecule has 0 saturated carbocycles. The van der Waals surface area contributed by atoms with Gasteiger partial charge in [-0.15, -0.1) is 0 Å². The number of hydrogen-bond donors (Lipinski definition) is 1. The average Bonchev–Trinajstić information content (AvgIpc) is 3.10. The number of halogens is 1. The highest BCUT2D eigenvalue weighted by Crippen LogP contribution is 2.22. The summed E-state index contributed by atoms with van der Waals surface area (Å²) in [6.45, 7) is 4.10. The van der Waals surface area contributed by atoms with Crippen LogP contribution >= 0.6 is 0 Å². The molecule has 31 heavy (non-hydrogen) atoms. The van der Waals surface area contributed by atoms with Gasteiger partial charge >= 0.3 is 12.1 Å². The number of unbranched alkanes of at least 4 members (excludes halogenated alkanes) is 8. The van der Waals surface area contributed by atoms with Crippen LogP contribution in [0.2, 0.25) is 0 Å². The second-order valence-corrected chi connectivity index (χ2v) is 7.20. The number of aromatic amines is 1. The van der Waals surface area contributed by atoms with Crippen molar-refractivity contribution in [2.75, 3.05) is 26.9 Å². The van der Waals surface area contributed by atoms with E-state index in [-0.39, 0.29) is 19.0 Å². The molecule has 9 heteroatoms. The highest BCUT2D eigenvalue weighted by molar-refractivity contribution is 5.88. The number of H-pyrrole nitrogens is 1. The van der Waals surface area contributed by atoms with Crippen LogP contribution in [0.15, 0.2) is 6.20 Å². The van der Waals surface area contributed by atoms with E-state index in [0.29, 0.717) is 6.61 Å². The number of ether oxygens (including phenoxy) is 5. The second kappa shape index (κ2) is 16.4. The standard InChI is InChI=1S/C22H36FNO7/c1-4-5-6-7-8-9-10-11-12-13-28-18-16-24-20(19(18)23)21(25)30-17(2)31-22(26)29-15-14-27-3/h16-17,24H,4-15H2,1-3H3. The lowest BCUT2D eigenvalue weighted by Crippen LogP contribution is -2.23. The predicted molar refractivity (Wildman–Crippen MR) is 113 cm³/mol. The fraction of sp³-hybridized carbons (Fsp3) is 0.727. The summed E-state index contributed by atoms with van der Waals surface area (Å²) in [5, 5.41) is 0. The van der Waals surface area contributed by atoms with Gasteiger partial charge < -0.3 is 28.7 Å². The number of esters is 1. The van der Waals surface area contributed by atoms with Crippen molar-refractivity contribution in [2.45, 2.75) is 77.9 Å². The molecule has 0 aliphatic rings. The van der Waals surface area contributed by atoms with Crippen LogP contribution in [-0.2, 0) is 18.9 Å². The maximum Gasteiger partial charge on any atom is 0.511 e. The number of nitrogens with one attached hydrogen (secondary N) is 1. The van der Waals surface area contributed by atoms with Gasteiger partial charge in [0, 0.05) is 20.2 Å². The van der Waals surface area contributed by atoms with E-state index in [9.17, 15) is 14.0 Å². The Morgan fingerprint density at radius 2 is 1.61 bits per heavy atom. The number of methoxy groups -OCH3 is 1. The van der Waals surface area contributed by atoms with Crippen LogP contribution in [0, 0.1) is 5.82 Å². The molecule has 0 saturated heterocycles. The van der Waals surface area contributed by atoms with Gasteiger partial charge in [-0.25, -0.2) is 14.0 Å².